The third kappa shape index (κ3) is 3.45. The van der Waals surface area contributed by atoms with E-state index < -0.39 is 0 Å². The van der Waals surface area contributed by atoms with Crippen LogP contribution in [0.1, 0.15) is 10.5 Å². The number of carbonyl (C=O) groups excluding carboxylic acids is 1. The summed E-state index contributed by atoms with van der Waals surface area (Å²) in [5.41, 5.74) is 2.36. The molecule has 1 aromatic carbocycles. The summed E-state index contributed by atoms with van der Waals surface area (Å²) in [7, 11) is 0. The Hall–Kier alpha value is -2.57. The topological polar surface area (TPSA) is 70.2 Å². The minimum atomic E-state index is -0.237. The molecule has 1 fully saturated rings. The first-order valence-electron chi connectivity index (χ1n) is 8.07. The van der Waals surface area contributed by atoms with Crippen molar-refractivity contribution >= 4 is 39.9 Å². The number of rotatable bonds is 3. The second kappa shape index (κ2) is 6.74. The molecule has 0 aliphatic carbocycles. The first-order chi connectivity index (χ1) is 12.2. The molecule has 1 aliphatic rings. The van der Waals surface area contributed by atoms with E-state index in [-0.39, 0.29) is 5.91 Å². The maximum Gasteiger partial charge on any atom is 0.273 e. The Morgan fingerprint density at radius 3 is 2.80 bits per heavy atom. The number of aromatic nitrogens is 2. The minimum Gasteiger partial charge on any atom is -0.378 e. The number of aromatic amines is 1. The Kier molecular flexibility index (Phi) is 4.29. The number of pyridine rings is 1. The minimum absolute atomic E-state index is 0.237. The first-order valence-corrected chi connectivity index (χ1v) is 8.45. The summed E-state index contributed by atoms with van der Waals surface area (Å²) in [6.45, 7) is 3.15. The third-order valence-electron chi connectivity index (χ3n) is 4.19. The maximum atomic E-state index is 12.4. The van der Waals surface area contributed by atoms with Gasteiger partial charge in [0.2, 0.25) is 0 Å². The van der Waals surface area contributed by atoms with Gasteiger partial charge < -0.3 is 19.9 Å². The van der Waals surface area contributed by atoms with E-state index in [1.807, 2.05) is 24.3 Å². The number of benzene rings is 1. The van der Waals surface area contributed by atoms with Crippen LogP contribution >= 0.6 is 11.6 Å². The monoisotopic (exact) mass is 356 g/mol. The van der Waals surface area contributed by atoms with E-state index >= 15 is 0 Å². The zero-order valence-corrected chi connectivity index (χ0v) is 14.2. The number of carbonyl (C=O) groups is 1. The van der Waals surface area contributed by atoms with Crippen molar-refractivity contribution in [1.29, 1.82) is 0 Å². The summed E-state index contributed by atoms with van der Waals surface area (Å²) in [4.78, 5) is 22.0. The van der Waals surface area contributed by atoms with Gasteiger partial charge >= 0.3 is 0 Å². The number of fused-ring (bicyclic) bond motifs is 1. The lowest BCUT2D eigenvalue weighted by atomic mass is 10.2. The second-order valence-corrected chi connectivity index (χ2v) is 6.31. The highest BCUT2D eigenvalue weighted by Gasteiger charge is 2.13. The molecule has 1 amide bonds. The van der Waals surface area contributed by atoms with Gasteiger partial charge in [-0.25, -0.2) is 4.98 Å². The average Bonchev–Trinajstić information content (AvgIpc) is 3.06. The van der Waals surface area contributed by atoms with Gasteiger partial charge in [-0.2, -0.15) is 0 Å². The van der Waals surface area contributed by atoms with E-state index in [9.17, 15) is 4.79 Å². The fourth-order valence-electron chi connectivity index (χ4n) is 2.88. The van der Waals surface area contributed by atoms with Crippen LogP contribution in [0.2, 0.25) is 5.02 Å². The first kappa shape index (κ1) is 15.9. The number of morpholine rings is 1. The molecule has 0 bridgehead atoms. The molecule has 128 valence electrons. The van der Waals surface area contributed by atoms with E-state index in [2.05, 4.69) is 20.2 Å². The number of H-pyrrole nitrogens is 1. The standard InChI is InChI=1S/C18H17ClN4O2/c19-13-1-3-15-12(9-13)10-16(21-15)18(24)22-17-4-2-14(11-20-17)23-5-7-25-8-6-23/h1-4,9-11,21H,5-8H2,(H,20,22,24). The lowest BCUT2D eigenvalue weighted by Gasteiger charge is -2.28. The summed E-state index contributed by atoms with van der Waals surface area (Å²) >= 11 is 5.98. The number of anilines is 2. The van der Waals surface area contributed by atoms with Gasteiger partial charge in [-0.3, -0.25) is 4.79 Å². The van der Waals surface area contributed by atoms with Crippen molar-refractivity contribution in [3.63, 3.8) is 0 Å². The zero-order chi connectivity index (χ0) is 17.2. The molecule has 3 heterocycles. The lowest BCUT2D eigenvalue weighted by molar-refractivity contribution is 0.102. The quantitative estimate of drug-likeness (QED) is 0.755. The van der Waals surface area contributed by atoms with Gasteiger partial charge in [-0.1, -0.05) is 11.6 Å². The second-order valence-electron chi connectivity index (χ2n) is 5.87. The molecular formula is C18H17ClN4O2. The van der Waals surface area contributed by atoms with Crippen molar-refractivity contribution in [2.24, 2.45) is 0 Å². The summed E-state index contributed by atoms with van der Waals surface area (Å²) in [5.74, 6) is 0.276. The van der Waals surface area contributed by atoms with Gasteiger partial charge in [-0.15, -0.1) is 0 Å². The molecular weight excluding hydrogens is 340 g/mol. The Labute approximate surface area is 149 Å². The molecule has 0 radical (unpaired) electrons. The molecule has 2 N–H and O–H groups in total. The molecule has 25 heavy (non-hydrogen) atoms. The normalized spacial score (nSPS) is 14.7. The predicted octanol–water partition coefficient (Wildman–Crippen LogP) is 3.31. The molecule has 1 aliphatic heterocycles. The van der Waals surface area contributed by atoms with E-state index in [1.165, 1.54) is 0 Å². The van der Waals surface area contributed by atoms with Crippen molar-refractivity contribution in [2.45, 2.75) is 0 Å². The number of hydrogen-bond acceptors (Lipinski definition) is 4. The van der Waals surface area contributed by atoms with E-state index in [0.717, 1.165) is 42.9 Å². The molecule has 0 unspecified atom stereocenters. The molecule has 3 aromatic rings. The largest absolute Gasteiger partial charge is 0.378 e. The number of halogens is 1. The van der Waals surface area contributed by atoms with E-state index in [0.29, 0.717) is 16.5 Å². The Morgan fingerprint density at radius 2 is 2.04 bits per heavy atom. The van der Waals surface area contributed by atoms with Crippen LogP contribution in [0.15, 0.2) is 42.6 Å². The summed E-state index contributed by atoms with van der Waals surface area (Å²) in [5, 5.41) is 4.34. The van der Waals surface area contributed by atoms with Crippen LogP contribution in [0.4, 0.5) is 11.5 Å². The van der Waals surface area contributed by atoms with Crippen molar-refractivity contribution in [3.05, 3.63) is 53.3 Å². The number of nitrogens with zero attached hydrogens (tertiary/aromatic N) is 2. The van der Waals surface area contributed by atoms with Crippen LogP contribution in [0, 0.1) is 0 Å². The highest BCUT2D eigenvalue weighted by molar-refractivity contribution is 6.31. The predicted molar refractivity (Wildman–Crippen MR) is 98.5 cm³/mol. The van der Waals surface area contributed by atoms with Crippen LogP contribution < -0.4 is 10.2 Å². The zero-order valence-electron chi connectivity index (χ0n) is 13.5. The molecule has 7 heteroatoms. The lowest BCUT2D eigenvalue weighted by Crippen LogP contribution is -2.36. The average molecular weight is 357 g/mol. The van der Waals surface area contributed by atoms with Gasteiger partial charge in [-0.05, 0) is 36.4 Å². The van der Waals surface area contributed by atoms with Crippen LogP contribution in [0.3, 0.4) is 0 Å². The number of nitrogens with one attached hydrogen (secondary N) is 2. The molecule has 0 atom stereocenters. The van der Waals surface area contributed by atoms with Gasteiger partial charge in [0.25, 0.3) is 5.91 Å². The smallest absolute Gasteiger partial charge is 0.273 e. The number of amides is 1. The number of ether oxygens (including phenoxy) is 1. The van der Waals surface area contributed by atoms with Crippen LogP contribution in [0.25, 0.3) is 10.9 Å². The Balaban J connectivity index is 1.47. The fourth-order valence-corrected chi connectivity index (χ4v) is 3.06. The SMILES string of the molecule is O=C(Nc1ccc(N2CCOCC2)cn1)c1cc2cc(Cl)ccc2[nH]1. The number of hydrogen-bond donors (Lipinski definition) is 2. The molecule has 2 aromatic heterocycles. The Morgan fingerprint density at radius 1 is 1.20 bits per heavy atom. The van der Waals surface area contributed by atoms with Gasteiger partial charge in [0, 0.05) is 29.0 Å². The van der Waals surface area contributed by atoms with Crippen molar-refractivity contribution in [2.75, 3.05) is 36.5 Å². The van der Waals surface area contributed by atoms with Gasteiger partial charge in [0.15, 0.2) is 0 Å². The van der Waals surface area contributed by atoms with Crippen LogP contribution in [-0.4, -0.2) is 42.2 Å². The van der Waals surface area contributed by atoms with E-state index in [1.54, 1.807) is 18.3 Å². The highest BCUT2D eigenvalue weighted by atomic mass is 35.5. The summed E-state index contributed by atoms with van der Waals surface area (Å²) in [6.07, 6.45) is 1.77. The van der Waals surface area contributed by atoms with Crippen molar-refractivity contribution in [3.8, 4) is 0 Å². The highest BCUT2D eigenvalue weighted by Crippen LogP contribution is 2.21. The molecule has 0 saturated carbocycles. The van der Waals surface area contributed by atoms with Gasteiger partial charge in [0.05, 0.1) is 25.1 Å². The molecule has 1 saturated heterocycles. The van der Waals surface area contributed by atoms with Crippen LogP contribution in [0.5, 0.6) is 0 Å². The maximum absolute atomic E-state index is 12.4. The third-order valence-corrected chi connectivity index (χ3v) is 4.43. The molecule has 0 spiro atoms. The van der Waals surface area contributed by atoms with Crippen molar-refractivity contribution < 1.29 is 9.53 Å². The van der Waals surface area contributed by atoms with Crippen LogP contribution in [-0.2, 0) is 4.74 Å². The molecule has 6 nitrogen and oxygen atoms in total. The summed E-state index contributed by atoms with van der Waals surface area (Å²) in [6, 6.07) is 11.0. The molecule has 4 rings (SSSR count). The van der Waals surface area contributed by atoms with E-state index in [4.69, 9.17) is 16.3 Å². The van der Waals surface area contributed by atoms with Gasteiger partial charge in [0.1, 0.15) is 11.5 Å². The van der Waals surface area contributed by atoms with Crippen molar-refractivity contribution in [1.82, 2.24) is 9.97 Å². The Bertz CT molecular complexity index is 901. The fraction of sp³-hybridized carbons (Fsp3) is 0.222. The summed E-state index contributed by atoms with van der Waals surface area (Å²) < 4.78 is 5.35.